The van der Waals surface area contributed by atoms with Gasteiger partial charge in [0.25, 0.3) is 0 Å². The Morgan fingerprint density at radius 3 is 2.10 bits per heavy atom. The van der Waals surface area contributed by atoms with E-state index in [1.807, 2.05) is 0 Å². The molecule has 2 aromatic carbocycles. The van der Waals surface area contributed by atoms with E-state index < -0.39 is 17.7 Å². The van der Waals surface area contributed by atoms with Crippen molar-refractivity contribution in [1.29, 1.82) is 0 Å². The molecule has 0 aliphatic rings. The van der Waals surface area contributed by atoms with Crippen molar-refractivity contribution in [1.82, 2.24) is 0 Å². The molecule has 2 rings (SSSR count). The van der Waals surface area contributed by atoms with Crippen LogP contribution >= 0.6 is 11.8 Å². The maximum atomic E-state index is 13.0. The zero-order valence-electron chi connectivity index (χ0n) is 10.5. The number of aliphatic hydroxyl groups is 1. The predicted octanol–water partition coefficient (Wildman–Crippen LogP) is 3.80. The van der Waals surface area contributed by atoms with Crippen LogP contribution in [0.1, 0.15) is 5.56 Å². The molecule has 1 atom stereocenters. The van der Waals surface area contributed by atoms with Gasteiger partial charge in [-0.05, 0) is 48.4 Å². The fourth-order valence-electron chi connectivity index (χ4n) is 1.78. The van der Waals surface area contributed by atoms with E-state index in [1.165, 1.54) is 36.0 Å². The van der Waals surface area contributed by atoms with E-state index in [0.29, 0.717) is 11.3 Å². The Hall–Kier alpha value is -1.46. The van der Waals surface area contributed by atoms with Gasteiger partial charge in [0, 0.05) is 16.7 Å². The lowest BCUT2D eigenvalue weighted by molar-refractivity contribution is 0.200. The molecule has 0 aromatic heterocycles. The van der Waals surface area contributed by atoms with Crippen LogP contribution in [0.15, 0.2) is 47.4 Å². The molecule has 0 radical (unpaired) electrons. The largest absolute Gasteiger partial charge is 0.392 e. The Bertz CT molecular complexity index is 552. The molecule has 0 aliphatic heterocycles. The molecule has 0 amide bonds. The molecule has 106 valence electrons. The number of benzene rings is 2. The third-order valence-corrected chi connectivity index (χ3v) is 3.81. The van der Waals surface area contributed by atoms with Gasteiger partial charge in [-0.2, -0.15) is 0 Å². The first-order valence-electron chi connectivity index (χ1n) is 6.04. The van der Waals surface area contributed by atoms with E-state index in [0.717, 1.165) is 11.0 Å². The molecule has 0 saturated carbocycles. The van der Waals surface area contributed by atoms with Crippen LogP contribution in [0.25, 0.3) is 0 Å². The van der Waals surface area contributed by atoms with Gasteiger partial charge in [0.15, 0.2) is 0 Å². The smallest absolute Gasteiger partial charge is 0.126 e. The van der Waals surface area contributed by atoms with Crippen molar-refractivity contribution in [3.05, 3.63) is 65.5 Å². The van der Waals surface area contributed by atoms with Gasteiger partial charge >= 0.3 is 0 Å². The SMILES string of the molecule is OC(CSc1ccc(F)cc1)Cc1cc(F)cc(F)c1. The van der Waals surface area contributed by atoms with E-state index in [1.54, 1.807) is 12.1 Å². The van der Waals surface area contributed by atoms with Crippen molar-refractivity contribution in [2.75, 3.05) is 5.75 Å². The normalized spacial score (nSPS) is 12.4. The molecule has 0 saturated heterocycles. The summed E-state index contributed by atoms with van der Waals surface area (Å²) in [6, 6.07) is 9.13. The highest BCUT2D eigenvalue weighted by molar-refractivity contribution is 7.99. The number of hydrogen-bond acceptors (Lipinski definition) is 2. The minimum atomic E-state index is -0.730. The molecular weight excluding hydrogens is 285 g/mol. The Morgan fingerprint density at radius 1 is 0.900 bits per heavy atom. The summed E-state index contributed by atoms with van der Waals surface area (Å²) in [6.07, 6.45) is -0.561. The number of halogens is 3. The Morgan fingerprint density at radius 2 is 1.50 bits per heavy atom. The lowest BCUT2D eigenvalue weighted by atomic mass is 10.1. The van der Waals surface area contributed by atoms with Crippen LogP contribution in [-0.4, -0.2) is 17.0 Å². The topological polar surface area (TPSA) is 20.2 Å². The predicted molar refractivity (Wildman–Crippen MR) is 73.2 cm³/mol. The Balaban J connectivity index is 1.88. The zero-order chi connectivity index (χ0) is 14.5. The molecule has 5 heteroatoms. The molecule has 0 bridgehead atoms. The second-order valence-corrected chi connectivity index (χ2v) is 5.49. The van der Waals surface area contributed by atoms with Crippen LogP contribution in [0, 0.1) is 17.5 Å². The van der Waals surface area contributed by atoms with Gasteiger partial charge in [0.2, 0.25) is 0 Å². The molecule has 0 fully saturated rings. The summed E-state index contributed by atoms with van der Waals surface area (Å²) in [4.78, 5) is 0.830. The maximum Gasteiger partial charge on any atom is 0.126 e. The number of aliphatic hydroxyl groups excluding tert-OH is 1. The fraction of sp³-hybridized carbons (Fsp3) is 0.200. The van der Waals surface area contributed by atoms with E-state index in [2.05, 4.69) is 0 Å². The maximum absolute atomic E-state index is 13.0. The third-order valence-electron chi connectivity index (χ3n) is 2.65. The summed E-state index contributed by atoms with van der Waals surface area (Å²) < 4.78 is 38.7. The number of thioether (sulfide) groups is 1. The second-order valence-electron chi connectivity index (χ2n) is 4.40. The van der Waals surface area contributed by atoms with Crippen LogP contribution in [-0.2, 0) is 6.42 Å². The lowest BCUT2D eigenvalue weighted by Gasteiger charge is -2.10. The molecule has 20 heavy (non-hydrogen) atoms. The van der Waals surface area contributed by atoms with E-state index in [-0.39, 0.29) is 12.2 Å². The van der Waals surface area contributed by atoms with Crippen molar-refractivity contribution >= 4 is 11.8 Å². The highest BCUT2D eigenvalue weighted by atomic mass is 32.2. The lowest BCUT2D eigenvalue weighted by Crippen LogP contribution is -2.13. The first kappa shape index (κ1) is 14.9. The Kier molecular flexibility index (Phi) is 5.09. The molecule has 0 spiro atoms. The van der Waals surface area contributed by atoms with Gasteiger partial charge in [-0.25, -0.2) is 13.2 Å². The average Bonchev–Trinajstić information content (AvgIpc) is 2.37. The van der Waals surface area contributed by atoms with Crippen molar-refractivity contribution in [2.45, 2.75) is 17.4 Å². The summed E-state index contributed by atoms with van der Waals surface area (Å²) in [5.74, 6) is -1.26. The van der Waals surface area contributed by atoms with E-state index in [9.17, 15) is 18.3 Å². The van der Waals surface area contributed by atoms with Gasteiger partial charge in [-0.3, -0.25) is 0 Å². The third kappa shape index (κ3) is 4.58. The molecular formula is C15H13F3OS. The fourth-order valence-corrected chi connectivity index (χ4v) is 2.61. The van der Waals surface area contributed by atoms with Crippen LogP contribution in [0.5, 0.6) is 0 Å². The minimum Gasteiger partial charge on any atom is -0.392 e. The monoisotopic (exact) mass is 298 g/mol. The minimum absolute atomic E-state index is 0.170. The molecule has 0 heterocycles. The van der Waals surface area contributed by atoms with Crippen LogP contribution in [0.4, 0.5) is 13.2 Å². The van der Waals surface area contributed by atoms with Crippen LogP contribution in [0.3, 0.4) is 0 Å². The summed E-state index contributed by atoms with van der Waals surface area (Å²) in [6.45, 7) is 0. The summed E-state index contributed by atoms with van der Waals surface area (Å²) in [5, 5.41) is 9.86. The molecule has 2 aromatic rings. The van der Waals surface area contributed by atoms with Gasteiger partial charge in [0.05, 0.1) is 6.10 Å². The van der Waals surface area contributed by atoms with Gasteiger partial charge in [-0.15, -0.1) is 11.8 Å². The molecule has 0 aliphatic carbocycles. The van der Waals surface area contributed by atoms with Gasteiger partial charge in [-0.1, -0.05) is 0 Å². The van der Waals surface area contributed by atoms with Gasteiger partial charge < -0.3 is 5.11 Å². The van der Waals surface area contributed by atoms with Crippen LogP contribution < -0.4 is 0 Å². The van der Waals surface area contributed by atoms with Crippen LogP contribution in [0.2, 0.25) is 0 Å². The van der Waals surface area contributed by atoms with Crippen molar-refractivity contribution in [3.63, 3.8) is 0 Å². The molecule has 1 N–H and O–H groups in total. The second kappa shape index (κ2) is 6.81. The number of hydrogen-bond donors (Lipinski definition) is 1. The van der Waals surface area contributed by atoms with E-state index in [4.69, 9.17) is 0 Å². The molecule has 1 unspecified atom stereocenters. The standard InChI is InChI=1S/C15H13F3OS/c16-11-1-3-15(4-2-11)20-9-14(19)7-10-5-12(17)8-13(18)6-10/h1-6,8,14,19H,7,9H2. The molecule has 1 nitrogen and oxygen atoms in total. The van der Waals surface area contributed by atoms with Gasteiger partial charge in [0.1, 0.15) is 17.5 Å². The highest BCUT2D eigenvalue weighted by Gasteiger charge is 2.09. The van der Waals surface area contributed by atoms with Crippen molar-refractivity contribution < 1.29 is 18.3 Å². The Labute approximate surface area is 119 Å². The van der Waals surface area contributed by atoms with Crippen molar-refractivity contribution in [2.24, 2.45) is 0 Å². The summed E-state index contributed by atoms with van der Waals surface area (Å²) in [7, 11) is 0. The quantitative estimate of drug-likeness (QED) is 0.847. The first-order chi connectivity index (χ1) is 9.52. The van der Waals surface area contributed by atoms with Crippen molar-refractivity contribution in [3.8, 4) is 0 Å². The average molecular weight is 298 g/mol. The highest BCUT2D eigenvalue weighted by Crippen LogP contribution is 2.20. The van der Waals surface area contributed by atoms with E-state index >= 15 is 0 Å². The summed E-state index contributed by atoms with van der Waals surface area (Å²) in [5.41, 5.74) is 0.412. The first-order valence-corrected chi connectivity index (χ1v) is 7.03. The summed E-state index contributed by atoms with van der Waals surface area (Å²) >= 11 is 1.36. The number of rotatable bonds is 5. The zero-order valence-corrected chi connectivity index (χ0v) is 11.3.